The van der Waals surface area contributed by atoms with Gasteiger partial charge in [0.25, 0.3) is 5.79 Å². The monoisotopic (exact) mass is 334 g/mol. The number of amides is 2. The van der Waals surface area contributed by atoms with Crippen molar-refractivity contribution in [3.8, 4) is 11.5 Å². The molecule has 0 atom stereocenters. The average molecular weight is 334 g/mol. The standard InChI is InChI=1S/C17H22N2O5/c1-19(16(21)22-2)11-15(20)18-12-6-7-13-14(10-12)24-17(23-13)8-4-3-5-9-17/h6-7,10H,3-5,8-9,11H2,1-2H3,(H,18,20). The van der Waals surface area contributed by atoms with E-state index >= 15 is 0 Å². The summed E-state index contributed by atoms with van der Waals surface area (Å²) in [6.07, 6.45) is 4.60. The molecule has 7 heteroatoms. The van der Waals surface area contributed by atoms with Gasteiger partial charge in [-0.1, -0.05) is 6.42 Å². The van der Waals surface area contributed by atoms with Crippen molar-refractivity contribution in [2.24, 2.45) is 0 Å². The van der Waals surface area contributed by atoms with Gasteiger partial charge in [-0.25, -0.2) is 4.79 Å². The average Bonchev–Trinajstić information content (AvgIpc) is 2.91. The Hall–Kier alpha value is -2.44. The third-order valence-electron chi connectivity index (χ3n) is 4.30. The lowest BCUT2D eigenvalue weighted by atomic mass is 9.94. The van der Waals surface area contributed by atoms with Crippen LogP contribution in [0.5, 0.6) is 11.5 Å². The van der Waals surface area contributed by atoms with Gasteiger partial charge in [0.15, 0.2) is 11.5 Å². The van der Waals surface area contributed by atoms with Crippen molar-refractivity contribution in [3.05, 3.63) is 18.2 Å². The minimum absolute atomic E-state index is 0.0922. The Kier molecular flexibility index (Phi) is 4.51. The molecule has 130 valence electrons. The van der Waals surface area contributed by atoms with Gasteiger partial charge in [0.2, 0.25) is 5.91 Å². The number of nitrogens with zero attached hydrogens (tertiary/aromatic N) is 1. The summed E-state index contributed by atoms with van der Waals surface area (Å²) in [5.74, 6) is 0.514. The number of rotatable bonds is 3. The van der Waals surface area contributed by atoms with Crippen LogP contribution in [0.2, 0.25) is 0 Å². The molecule has 1 heterocycles. The van der Waals surface area contributed by atoms with E-state index in [9.17, 15) is 9.59 Å². The highest BCUT2D eigenvalue weighted by atomic mass is 16.7. The molecule has 0 bridgehead atoms. The number of carbonyl (C=O) groups is 2. The molecule has 1 fully saturated rings. The van der Waals surface area contributed by atoms with Crippen molar-refractivity contribution in [1.29, 1.82) is 0 Å². The lowest BCUT2D eigenvalue weighted by molar-refractivity contribution is -0.116. The number of anilines is 1. The number of likely N-dealkylation sites (N-methyl/N-ethyl adjacent to an activating group) is 1. The number of methoxy groups -OCH3 is 1. The lowest BCUT2D eigenvalue weighted by Gasteiger charge is -2.31. The third-order valence-corrected chi connectivity index (χ3v) is 4.30. The number of benzene rings is 1. The van der Waals surface area contributed by atoms with Crippen LogP contribution >= 0.6 is 0 Å². The topological polar surface area (TPSA) is 77.1 Å². The number of fused-ring (bicyclic) bond motifs is 1. The minimum atomic E-state index is -0.560. The highest BCUT2D eigenvalue weighted by Crippen LogP contribution is 2.46. The molecule has 0 saturated heterocycles. The summed E-state index contributed by atoms with van der Waals surface area (Å²) in [4.78, 5) is 24.5. The summed E-state index contributed by atoms with van der Waals surface area (Å²) < 4.78 is 16.6. The molecule has 1 spiro atoms. The molecular formula is C17H22N2O5. The number of ether oxygens (including phenoxy) is 3. The maximum absolute atomic E-state index is 12.0. The van der Waals surface area contributed by atoms with E-state index in [1.165, 1.54) is 25.5 Å². The fraction of sp³-hybridized carbons (Fsp3) is 0.529. The molecule has 1 aliphatic heterocycles. The van der Waals surface area contributed by atoms with Gasteiger partial charge in [-0.05, 0) is 25.0 Å². The van der Waals surface area contributed by atoms with Crippen LogP contribution in [0.25, 0.3) is 0 Å². The smallest absolute Gasteiger partial charge is 0.409 e. The van der Waals surface area contributed by atoms with Gasteiger partial charge >= 0.3 is 6.09 Å². The van der Waals surface area contributed by atoms with Gasteiger partial charge in [0, 0.05) is 31.6 Å². The Morgan fingerprint density at radius 3 is 2.62 bits per heavy atom. The van der Waals surface area contributed by atoms with Crippen molar-refractivity contribution in [2.75, 3.05) is 26.0 Å². The van der Waals surface area contributed by atoms with Crippen molar-refractivity contribution in [2.45, 2.75) is 37.9 Å². The predicted molar refractivity (Wildman–Crippen MR) is 87.2 cm³/mol. The summed E-state index contributed by atoms with van der Waals surface area (Å²) >= 11 is 0. The summed E-state index contributed by atoms with van der Waals surface area (Å²) in [5.41, 5.74) is 0.605. The van der Waals surface area contributed by atoms with Crippen molar-refractivity contribution >= 4 is 17.7 Å². The maximum atomic E-state index is 12.0. The normalized spacial score (nSPS) is 17.4. The fourth-order valence-electron chi connectivity index (χ4n) is 3.10. The Bertz CT molecular complexity index is 640. The third kappa shape index (κ3) is 3.39. The van der Waals surface area contributed by atoms with E-state index in [4.69, 9.17) is 9.47 Å². The molecule has 0 unspecified atom stereocenters. The van der Waals surface area contributed by atoms with Crippen LogP contribution in [0.4, 0.5) is 10.5 Å². The molecule has 3 rings (SSSR count). The fourth-order valence-corrected chi connectivity index (χ4v) is 3.10. The molecule has 2 aliphatic rings. The Balaban J connectivity index is 1.62. The van der Waals surface area contributed by atoms with Crippen LogP contribution in [0.15, 0.2) is 18.2 Å². The number of hydrogen-bond acceptors (Lipinski definition) is 5. The first-order valence-electron chi connectivity index (χ1n) is 8.12. The molecule has 1 N–H and O–H groups in total. The number of nitrogens with one attached hydrogen (secondary N) is 1. The van der Waals surface area contributed by atoms with E-state index in [0.717, 1.165) is 25.7 Å². The van der Waals surface area contributed by atoms with E-state index in [1.807, 2.05) is 0 Å². The van der Waals surface area contributed by atoms with Gasteiger partial charge in [-0.15, -0.1) is 0 Å². The van der Waals surface area contributed by atoms with Crippen LogP contribution in [-0.2, 0) is 9.53 Å². The highest BCUT2D eigenvalue weighted by molar-refractivity contribution is 5.94. The molecule has 1 saturated carbocycles. The number of carbonyl (C=O) groups excluding carboxylic acids is 2. The molecule has 1 aliphatic carbocycles. The zero-order valence-corrected chi connectivity index (χ0v) is 14.0. The first kappa shape index (κ1) is 16.4. The van der Waals surface area contributed by atoms with Gasteiger partial charge < -0.3 is 24.4 Å². The Morgan fingerprint density at radius 2 is 1.92 bits per heavy atom. The van der Waals surface area contributed by atoms with Crippen LogP contribution in [0.1, 0.15) is 32.1 Å². The Labute approximate surface area is 140 Å². The quantitative estimate of drug-likeness (QED) is 0.920. The molecule has 7 nitrogen and oxygen atoms in total. The predicted octanol–water partition coefficient (Wildman–Crippen LogP) is 2.75. The van der Waals surface area contributed by atoms with E-state index < -0.39 is 11.9 Å². The zero-order valence-electron chi connectivity index (χ0n) is 14.0. The van der Waals surface area contributed by atoms with E-state index in [2.05, 4.69) is 10.1 Å². The van der Waals surface area contributed by atoms with Gasteiger partial charge in [-0.3, -0.25) is 4.79 Å². The molecule has 1 aromatic carbocycles. The zero-order chi connectivity index (χ0) is 17.2. The second kappa shape index (κ2) is 6.59. The summed E-state index contributed by atoms with van der Waals surface area (Å²) in [6.45, 7) is -0.0922. The first-order chi connectivity index (χ1) is 11.5. The summed E-state index contributed by atoms with van der Waals surface area (Å²) in [7, 11) is 2.77. The highest BCUT2D eigenvalue weighted by Gasteiger charge is 2.42. The molecule has 2 amide bonds. The SMILES string of the molecule is COC(=O)N(C)CC(=O)Nc1ccc2c(c1)OC1(CCCCC1)O2. The van der Waals surface area contributed by atoms with Gasteiger partial charge in [0.1, 0.15) is 6.54 Å². The maximum Gasteiger partial charge on any atom is 0.409 e. The molecule has 24 heavy (non-hydrogen) atoms. The van der Waals surface area contributed by atoms with E-state index in [0.29, 0.717) is 17.2 Å². The van der Waals surface area contributed by atoms with Crippen LogP contribution in [0, 0.1) is 0 Å². The molecule has 0 radical (unpaired) electrons. The number of hydrogen-bond donors (Lipinski definition) is 1. The van der Waals surface area contributed by atoms with E-state index in [1.54, 1.807) is 18.2 Å². The Morgan fingerprint density at radius 1 is 1.21 bits per heavy atom. The van der Waals surface area contributed by atoms with Crippen LogP contribution < -0.4 is 14.8 Å². The summed E-state index contributed by atoms with van der Waals surface area (Å²) in [6, 6.07) is 5.33. The van der Waals surface area contributed by atoms with Crippen LogP contribution in [0.3, 0.4) is 0 Å². The second-order valence-electron chi connectivity index (χ2n) is 6.21. The van der Waals surface area contributed by atoms with Crippen molar-refractivity contribution in [3.63, 3.8) is 0 Å². The van der Waals surface area contributed by atoms with Crippen molar-refractivity contribution < 1.29 is 23.8 Å². The van der Waals surface area contributed by atoms with Crippen molar-refractivity contribution in [1.82, 2.24) is 4.90 Å². The second-order valence-corrected chi connectivity index (χ2v) is 6.21. The van der Waals surface area contributed by atoms with E-state index in [-0.39, 0.29) is 12.5 Å². The van der Waals surface area contributed by atoms with Gasteiger partial charge in [0.05, 0.1) is 7.11 Å². The lowest BCUT2D eigenvalue weighted by Crippen LogP contribution is -2.40. The summed E-state index contributed by atoms with van der Waals surface area (Å²) in [5, 5.41) is 2.75. The largest absolute Gasteiger partial charge is 0.453 e. The molecule has 1 aromatic rings. The molecule has 0 aromatic heterocycles. The van der Waals surface area contributed by atoms with Gasteiger partial charge in [-0.2, -0.15) is 0 Å². The molecular weight excluding hydrogens is 312 g/mol. The first-order valence-corrected chi connectivity index (χ1v) is 8.12. The van der Waals surface area contributed by atoms with Crippen LogP contribution in [-0.4, -0.2) is 43.4 Å². The minimum Gasteiger partial charge on any atom is -0.453 e.